The smallest absolute Gasteiger partial charge is 0.270 e. The Bertz CT molecular complexity index is 1240. The first kappa shape index (κ1) is 22.8. The zero-order valence-corrected chi connectivity index (χ0v) is 18.5. The third-order valence-corrected chi connectivity index (χ3v) is 5.32. The Balaban J connectivity index is 1.40. The van der Waals surface area contributed by atoms with Gasteiger partial charge in [-0.3, -0.25) is 9.59 Å². The molecule has 2 amide bonds. The Morgan fingerprint density at radius 1 is 1.03 bits per heavy atom. The fraction of sp³-hybridized carbons (Fsp3) is 0.200. The van der Waals surface area contributed by atoms with E-state index in [1.807, 2.05) is 30.3 Å². The van der Waals surface area contributed by atoms with E-state index in [1.165, 1.54) is 0 Å². The van der Waals surface area contributed by atoms with E-state index < -0.39 is 11.9 Å². The minimum absolute atomic E-state index is 0.159. The molecule has 0 spiro atoms. The van der Waals surface area contributed by atoms with Crippen molar-refractivity contribution >= 4 is 28.7 Å². The lowest BCUT2D eigenvalue weighted by atomic mass is 10.1. The molecule has 4 aromatic rings. The molecule has 0 aliphatic rings. The van der Waals surface area contributed by atoms with Gasteiger partial charge in [-0.05, 0) is 42.7 Å². The van der Waals surface area contributed by atoms with Gasteiger partial charge >= 0.3 is 0 Å². The molecule has 9 nitrogen and oxygen atoms in total. The Kier molecular flexibility index (Phi) is 7.34. The van der Waals surface area contributed by atoms with Crippen LogP contribution in [0, 0.1) is 0 Å². The minimum Gasteiger partial charge on any atom is -0.508 e. The second kappa shape index (κ2) is 11.0. The van der Waals surface area contributed by atoms with E-state index in [0.717, 1.165) is 10.9 Å². The van der Waals surface area contributed by atoms with Crippen LogP contribution in [0.25, 0.3) is 10.9 Å². The van der Waals surface area contributed by atoms with Gasteiger partial charge in [-0.2, -0.15) is 0 Å². The number of nitrogens with zero attached hydrogens (tertiary/aromatic N) is 2. The van der Waals surface area contributed by atoms with Crippen LogP contribution in [0.15, 0.2) is 73.1 Å². The van der Waals surface area contributed by atoms with Gasteiger partial charge in [0.15, 0.2) is 5.95 Å². The largest absolute Gasteiger partial charge is 0.508 e. The summed E-state index contributed by atoms with van der Waals surface area (Å²) in [6, 6.07) is 16.9. The summed E-state index contributed by atoms with van der Waals surface area (Å²) in [6.45, 7) is 0.865. The highest BCUT2D eigenvalue weighted by Gasteiger charge is 2.22. The van der Waals surface area contributed by atoms with E-state index in [1.54, 1.807) is 42.7 Å². The van der Waals surface area contributed by atoms with Gasteiger partial charge in [-0.1, -0.05) is 36.4 Å². The van der Waals surface area contributed by atoms with Crippen LogP contribution in [0.3, 0.4) is 0 Å². The maximum Gasteiger partial charge on any atom is 0.270 e. The first-order valence-electron chi connectivity index (χ1n) is 11.0. The Morgan fingerprint density at radius 3 is 2.65 bits per heavy atom. The molecule has 0 bridgehead atoms. The zero-order valence-electron chi connectivity index (χ0n) is 18.5. The lowest BCUT2D eigenvalue weighted by molar-refractivity contribution is -0.123. The molecular formula is C25H26N6O3. The molecule has 5 N–H and O–H groups in total. The molecule has 0 fully saturated rings. The van der Waals surface area contributed by atoms with E-state index in [9.17, 15) is 14.7 Å². The van der Waals surface area contributed by atoms with Crippen LogP contribution in [-0.2, 0) is 11.3 Å². The molecule has 0 aliphatic heterocycles. The van der Waals surface area contributed by atoms with Crippen molar-refractivity contribution in [2.75, 3.05) is 11.9 Å². The SMILES string of the molecule is O=C(N[C@@H](CCCNc1ncc[nH]1)C(=O)NCc1ccc(O)cc1)c1ccc2ccccc2n1. The highest BCUT2D eigenvalue weighted by atomic mass is 16.3. The van der Waals surface area contributed by atoms with Crippen LogP contribution in [0.2, 0.25) is 0 Å². The molecule has 0 radical (unpaired) electrons. The highest BCUT2D eigenvalue weighted by molar-refractivity contribution is 5.97. The number of amides is 2. The number of pyridine rings is 1. The van der Waals surface area contributed by atoms with Crippen molar-refractivity contribution in [1.82, 2.24) is 25.6 Å². The molecule has 0 saturated carbocycles. The molecule has 1 atom stereocenters. The number of aromatic hydroxyl groups is 1. The number of carbonyl (C=O) groups is 2. The predicted molar refractivity (Wildman–Crippen MR) is 129 cm³/mol. The summed E-state index contributed by atoms with van der Waals surface area (Å²) in [4.78, 5) is 37.4. The van der Waals surface area contributed by atoms with Crippen LogP contribution in [0.5, 0.6) is 5.75 Å². The van der Waals surface area contributed by atoms with Crippen LogP contribution in [0.1, 0.15) is 28.9 Å². The Morgan fingerprint density at radius 2 is 1.85 bits per heavy atom. The van der Waals surface area contributed by atoms with Crippen molar-refractivity contribution in [3.8, 4) is 5.75 Å². The number of aromatic nitrogens is 3. The van der Waals surface area contributed by atoms with Gasteiger partial charge in [0.2, 0.25) is 5.91 Å². The number of nitrogens with one attached hydrogen (secondary N) is 4. The Labute approximate surface area is 196 Å². The summed E-state index contributed by atoms with van der Waals surface area (Å²) >= 11 is 0. The molecule has 2 heterocycles. The Hall–Kier alpha value is -4.40. The number of imidazole rings is 1. The molecule has 2 aromatic heterocycles. The summed E-state index contributed by atoms with van der Waals surface area (Å²) in [7, 11) is 0. The van der Waals surface area contributed by atoms with Gasteiger partial charge < -0.3 is 26.0 Å². The summed E-state index contributed by atoms with van der Waals surface area (Å²) in [5.41, 5.74) is 1.81. The number of aromatic amines is 1. The van der Waals surface area contributed by atoms with Crippen LogP contribution < -0.4 is 16.0 Å². The normalized spacial score (nSPS) is 11.6. The van der Waals surface area contributed by atoms with Crippen LogP contribution in [-0.4, -0.2) is 44.5 Å². The van der Waals surface area contributed by atoms with Gasteiger partial charge in [0.05, 0.1) is 5.52 Å². The molecule has 174 valence electrons. The fourth-order valence-electron chi connectivity index (χ4n) is 3.49. The van der Waals surface area contributed by atoms with Crippen molar-refractivity contribution in [2.24, 2.45) is 0 Å². The zero-order chi connectivity index (χ0) is 23.8. The third kappa shape index (κ3) is 6.10. The number of hydrogen-bond donors (Lipinski definition) is 5. The fourth-order valence-corrected chi connectivity index (χ4v) is 3.49. The predicted octanol–water partition coefficient (Wildman–Crippen LogP) is 2.97. The summed E-state index contributed by atoms with van der Waals surface area (Å²) in [5.74, 6) is 0.111. The number of hydrogen-bond acceptors (Lipinski definition) is 6. The van der Waals surface area contributed by atoms with Crippen molar-refractivity contribution in [3.63, 3.8) is 0 Å². The van der Waals surface area contributed by atoms with E-state index >= 15 is 0 Å². The molecule has 0 saturated heterocycles. The monoisotopic (exact) mass is 458 g/mol. The molecule has 9 heteroatoms. The summed E-state index contributed by atoms with van der Waals surface area (Å²) in [6.07, 6.45) is 4.43. The van der Waals surface area contributed by atoms with E-state index in [0.29, 0.717) is 30.9 Å². The van der Waals surface area contributed by atoms with Gasteiger partial charge in [0.1, 0.15) is 17.5 Å². The van der Waals surface area contributed by atoms with Crippen LogP contribution in [0.4, 0.5) is 5.95 Å². The quantitative estimate of drug-likeness (QED) is 0.232. The third-order valence-electron chi connectivity index (χ3n) is 5.32. The van der Waals surface area contributed by atoms with Gasteiger partial charge in [-0.15, -0.1) is 0 Å². The first-order valence-corrected chi connectivity index (χ1v) is 11.0. The average Bonchev–Trinajstić information content (AvgIpc) is 3.38. The highest BCUT2D eigenvalue weighted by Crippen LogP contribution is 2.13. The van der Waals surface area contributed by atoms with Gasteiger partial charge in [0.25, 0.3) is 5.91 Å². The van der Waals surface area contributed by atoms with E-state index in [4.69, 9.17) is 0 Å². The van der Waals surface area contributed by atoms with Crippen molar-refractivity contribution in [1.29, 1.82) is 0 Å². The number of phenols is 1. The molecule has 34 heavy (non-hydrogen) atoms. The van der Waals surface area contributed by atoms with Crippen molar-refractivity contribution in [3.05, 3.63) is 84.3 Å². The maximum absolute atomic E-state index is 13.0. The number of benzene rings is 2. The number of carbonyl (C=O) groups excluding carboxylic acids is 2. The topological polar surface area (TPSA) is 132 Å². The van der Waals surface area contributed by atoms with Crippen LogP contribution >= 0.6 is 0 Å². The number of phenolic OH excluding ortho intramolecular Hbond substituents is 1. The van der Waals surface area contributed by atoms with E-state index in [-0.39, 0.29) is 23.9 Å². The number of para-hydroxylation sites is 1. The molecule has 0 unspecified atom stereocenters. The second-order valence-electron chi connectivity index (χ2n) is 7.81. The summed E-state index contributed by atoms with van der Waals surface area (Å²) in [5, 5.41) is 19.2. The standard InChI is InChI=1S/C25H26N6O3/c32-19-10-7-17(8-11-19)16-29-23(33)21(6-3-13-26-25-27-14-15-28-25)31-24(34)22-12-9-18-4-1-2-5-20(18)30-22/h1-2,4-5,7-12,14-15,21,32H,3,6,13,16H2,(H,29,33)(H,31,34)(H2,26,27,28)/t21-/m0/s1. The van der Waals surface area contributed by atoms with Crippen molar-refractivity contribution in [2.45, 2.75) is 25.4 Å². The molecule has 4 rings (SSSR count). The number of fused-ring (bicyclic) bond motifs is 1. The summed E-state index contributed by atoms with van der Waals surface area (Å²) < 4.78 is 0. The van der Waals surface area contributed by atoms with E-state index in [2.05, 4.69) is 30.9 Å². The lowest BCUT2D eigenvalue weighted by Gasteiger charge is -2.19. The lowest BCUT2D eigenvalue weighted by Crippen LogP contribution is -2.46. The molecular weight excluding hydrogens is 432 g/mol. The maximum atomic E-state index is 13.0. The second-order valence-corrected chi connectivity index (χ2v) is 7.81. The van der Waals surface area contributed by atoms with Gasteiger partial charge in [0, 0.05) is 30.9 Å². The average molecular weight is 459 g/mol. The van der Waals surface area contributed by atoms with Gasteiger partial charge in [-0.25, -0.2) is 9.97 Å². The first-order chi connectivity index (χ1) is 16.6. The minimum atomic E-state index is -0.740. The molecule has 0 aliphatic carbocycles. The molecule has 2 aromatic carbocycles. The number of rotatable bonds is 10. The number of H-pyrrole nitrogens is 1. The van der Waals surface area contributed by atoms with Crippen molar-refractivity contribution < 1.29 is 14.7 Å². The number of anilines is 1.